The molecule has 0 unspecified atom stereocenters. The van der Waals surface area contributed by atoms with E-state index >= 15 is 0 Å². The summed E-state index contributed by atoms with van der Waals surface area (Å²) < 4.78 is 0. The van der Waals surface area contributed by atoms with Crippen molar-refractivity contribution >= 4 is 28.3 Å². The van der Waals surface area contributed by atoms with Crippen LogP contribution < -0.4 is 5.32 Å². The highest BCUT2D eigenvalue weighted by molar-refractivity contribution is 7.13. The Balaban J connectivity index is 2.57. The number of aryl methyl sites for hydroxylation is 1. The Labute approximate surface area is 104 Å². The number of thiazole rings is 1. The Hall–Kier alpha value is -1.43. The predicted molar refractivity (Wildman–Crippen MR) is 66.2 cm³/mol. The number of nitrogens with one attached hydrogen (secondary N) is 1. The van der Waals surface area contributed by atoms with Crippen molar-refractivity contribution in [1.82, 2.24) is 4.98 Å². The quantitative estimate of drug-likeness (QED) is 0.865. The molecule has 6 heteroatoms. The van der Waals surface area contributed by atoms with Gasteiger partial charge in [0.2, 0.25) is 5.91 Å². The number of aliphatic carboxylic acids is 1. The van der Waals surface area contributed by atoms with E-state index in [1.54, 1.807) is 5.38 Å². The summed E-state index contributed by atoms with van der Waals surface area (Å²) in [7, 11) is 0. The Morgan fingerprint density at radius 3 is 2.65 bits per heavy atom. The van der Waals surface area contributed by atoms with E-state index in [-0.39, 0.29) is 12.3 Å². The summed E-state index contributed by atoms with van der Waals surface area (Å²) in [5.74, 6) is -0.949. The van der Waals surface area contributed by atoms with E-state index in [1.165, 1.54) is 11.3 Å². The molecular formula is C11H16N2O3S. The molecule has 0 aliphatic rings. The molecule has 0 atom stereocenters. The summed E-state index contributed by atoms with van der Waals surface area (Å²) in [4.78, 5) is 26.2. The maximum Gasteiger partial charge on any atom is 0.303 e. The van der Waals surface area contributed by atoms with Crippen LogP contribution in [0.15, 0.2) is 5.38 Å². The van der Waals surface area contributed by atoms with E-state index in [0.29, 0.717) is 17.2 Å². The van der Waals surface area contributed by atoms with Gasteiger partial charge in [-0.15, -0.1) is 11.3 Å². The van der Waals surface area contributed by atoms with E-state index in [2.05, 4.69) is 10.3 Å². The number of rotatable bonds is 4. The number of carbonyl (C=O) groups excluding carboxylic acids is 1. The lowest BCUT2D eigenvalue weighted by Gasteiger charge is -2.15. The average Bonchev–Trinajstić information content (AvgIpc) is 2.61. The highest BCUT2D eigenvalue weighted by atomic mass is 32.1. The second kappa shape index (κ2) is 5.27. The van der Waals surface area contributed by atoms with Crippen molar-refractivity contribution in [1.29, 1.82) is 0 Å². The van der Waals surface area contributed by atoms with Gasteiger partial charge in [-0.25, -0.2) is 4.98 Å². The molecule has 17 heavy (non-hydrogen) atoms. The number of amides is 1. The number of aromatic nitrogens is 1. The van der Waals surface area contributed by atoms with E-state index in [9.17, 15) is 9.59 Å². The SMILES string of the molecule is CC(C)(C)C(=O)Nc1nc(CCC(=O)O)cs1. The van der Waals surface area contributed by atoms with Crippen molar-refractivity contribution in [3.05, 3.63) is 11.1 Å². The molecule has 94 valence electrons. The van der Waals surface area contributed by atoms with Crippen molar-refractivity contribution in [2.45, 2.75) is 33.6 Å². The number of carboxylic acid groups (broad SMARTS) is 1. The second-order valence-electron chi connectivity index (χ2n) is 4.74. The molecule has 1 heterocycles. The minimum absolute atomic E-state index is 0.0520. The lowest BCUT2D eigenvalue weighted by atomic mass is 9.96. The van der Waals surface area contributed by atoms with Crippen molar-refractivity contribution in [3.8, 4) is 0 Å². The van der Waals surface area contributed by atoms with Gasteiger partial charge in [-0.2, -0.15) is 0 Å². The first kappa shape index (κ1) is 13.6. The maximum absolute atomic E-state index is 11.7. The maximum atomic E-state index is 11.7. The van der Waals surface area contributed by atoms with Crippen molar-refractivity contribution in [3.63, 3.8) is 0 Å². The topological polar surface area (TPSA) is 79.3 Å². The minimum atomic E-state index is -0.849. The van der Waals surface area contributed by atoms with Crippen molar-refractivity contribution in [2.24, 2.45) is 5.41 Å². The number of carboxylic acids is 1. The van der Waals surface area contributed by atoms with Crippen LogP contribution in [0.3, 0.4) is 0 Å². The molecule has 1 amide bonds. The molecule has 0 aliphatic carbocycles. The van der Waals surface area contributed by atoms with Crippen molar-refractivity contribution in [2.75, 3.05) is 5.32 Å². The summed E-state index contributed by atoms with van der Waals surface area (Å²) in [6.07, 6.45) is 0.438. The molecule has 0 radical (unpaired) electrons. The number of nitrogens with zero attached hydrogens (tertiary/aromatic N) is 1. The normalized spacial score (nSPS) is 11.2. The van der Waals surface area contributed by atoms with Gasteiger partial charge in [-0.05, 0) is 0 Å². The van der Waals surface area contributed by atoms with Gasteiger partial charge in [-0.1, -0.05) is 20.8 Å². The average molecular weight is 256 g/mol. The highest BCUT2D eigenvalue weighted by Crippen LogP contribution is 2.20. The standard InChI is InChI=1S/C11H16N2O3S/c1-11(2,3)9(16)13-10-12-7(6-17-10)4-5-8(14)15/h6H,4-5H2,1-3H3,(H,14,15)(H,12,13,16). The monoisotopic (exact) mass is 256 g/mol. The summed E-state index contributed by atoms with van der Waals surface area (Å²) in [5.41, 5.74) is 0.231. The summed E-state index contributed by atoms with van der Waals surface area (Å²) in [6.45, 7) is 5.46. The molecule has 1 aromatic heterocycles. The van der Waals surface area contributed by atoms with Crippen LogP contribution in [0.5, 0.6) is 0 Å². The zero-order valence-electron chi connectivity index (χ0n) is 10.1. The third kappa shape index (κ3) is 4.52. The van der Waals surface area contributed by atoms with Crippen LogP contribution in [-0.2, 0) is 16.0 Å². The molecule has 0 bridgehead atoms. The van der Waals surface area contributed by atoms with Crippen LogP contribution in [-0.4, -0.2) is 22.0 Å². The smallest absolute Gasteiger partial charge is 0.303 e. The number of hydrogen-bond donors (Lipinski definition) is 2. The molecule has 0 aromatic carbocycles. The summed E-state index contributed by atoms with van der Waals surface area (Å²) in [6, 6.07) is 0. The highest BCUT2D eigenvalue weighted by Gasteiger charge is 2.22. The Bertz CT molecular complexity index is 421. The molecule has 1 aromatic rings. The first-order valence-corrected chi connectivity index (χ1v) is 6.14. The van der Waals surface area contributed by atoms with Gasteiger partial charge in [0.05, 0.1) is 12.1 Å². The number of anilines is 1. The summed E-state index contributed by atoms with van der Waals surface area (Å²) in [5, 5.41) is 13.5. The van der Waals surface area contributed by atoms with Gasteiger partial charge in [0, 0.05) is 17.2 Å². The largest absolute Gasteiger partial charge is 0.481 e. The van der Waals surface area contributed by atoms with Gasteiger partial charge < -0.3 is 10.4 Å². The van der Waals surface area contributed by atoms with Crippen LogP contribution in [0.4, 0.5) is 5.13 Å². The third-order valence-corrected chi connectivity index (χ3v) is 2.85. The molecule has 0 saturated heterocycles. The first-order chi connectivity index (χ1) is 7.79. The van der Waals surface area contributed by atoms with Crippen LogP contribution >= 0.6 is 11.3 Å². The third-order valence-electron chi connectivity index (χ3n) is 2.05. The van der Waals surface area contributed by atoms with Crippen LogP contribution in [0.2, 0.25) is 0 Å². The van der Waals surface area contributed by atoms with Gasteiger partial charge in [0.1, 0.15) is 0 Å². The molecular weight excluding hydrogens is 240 g/mol. The van der Waals surface area contributed by atoms with Gasteiger partial charge in [0.25, 0.3) is 0 Å². The van der Waals surface area contributed by atoms with Gasteiger partial charge in [-0.3, -0.25) is 9.59 Å². The Morgan fingerprint density at radius 2 is 2.12 bits per heavy atom. The number of carbonyl (C=O) groups is 2. The zero-order valence-corrected chi connectivity index (χ0v) is 10.9. The molecule has 0 fully saturated rings. The van der Waals surface area contributed by atoms with Gasteiger partial charge >= 0.3 is 5.97 Å². The molecule has 2 N–H and O–H groups in total. The van der Waals surface area contributed by atoms with E-state index in [4.69, 9.17) is 5.11 Å². The zero-order chi connectivity index (χ0) is 13.1. The second-order valence-corrected chi connectivity index (χ2v) is 5.60. The summed E-state index contributed by atoms with van der Waals surface area (Å²) >= 11 is 1.31. The van der Waals surface area contributed by atoms with E-state index in [1.807, 2.05) is 20.8 Å². The van der Waals surface area contributed by atoms with Crippen LogP contribution in [0.25, 0.3) is 0 Å². The molecule has 0 spiro atoms. The Kier molecular flexibility index (Phi) is 4.22. The number of hydrogen-bond acceptors (Lipinski definition) is 4. The fraction of sp³-hybridized carbons (Fsp3) is 0.545. The van der Waals surface area contributed by atoms with Gasteiger partial charge in [0.15, 0.2) is 5.13 Å². The predicted octanol–water partition coefficient (Wildman–Crippen LogP) is 2.14. The first-order valence-electron chi connectivity index (χ1n) is 5.26. The van der Waals surface area contributed by atoms with Crippen LogP contribution in [0.1, 0.15) is 32.9 Å². The minimum Gasteiger partial charge on any atom is -0.481 e. The van der Waals surface area contributed by atoms with Crippen molar-refractivity contribution < 1.29 is 14.7 Å². The molecule has 1 rings (SSSR count). The van der Waals surface area contributed by atoms with Crippen LogP contribution in [0, 0.1) is 5.41 Å². The fourth-order valence-electron chi connectivity index (χ4n) is 0.999. The Morgan fingerprint density at radius 1 is 1.47 bits per heavy atom. The molecule has 5 nitrogen and oxygen atoms in total. The lowest BCUT2D eigenvalue weighted by molar-refractivity contribution is -0.137. The molecule has 0 aliphatic heterocycles. The molecule has 0 saturated carbocycles. The lowest BCUT2D eigenvalue weighted by Crippen LogP contribution is -2.27. The van der Waals surface area contributed by atoms with E-state index in [0.717, 1.165) is 0 Å². The van der Waals surface area contributed by atoms with E-state index < -0.39 is 11.4 Å². The fourth-order valence-corrected chi connectivity index (χ4v) is 1.74.